The van der Waals surface area contributed by atoms with Crippen molar-refractivity contribution in [2.45, 2.75) is 51.4 Å². The lowest BCUT2D eigenvalue weighted by Crippen LogP contribution is -2.21. The average Bonchev–Trinajstić information content (AvgIpc) is 2.29. The standard InChI is InChI=1S/C13H28N2/c1-14-10-6-12-15-11-5-9-13-7-3-2-4-8-13/h13-15H,2-12H2,1H3. The number of nitrogens with one attached hydrogen (secondary N) is 2. The van der Waals surface area contributed by atoms with Crippen molar-refractivity contribution in [1.82, 2.24) is 10.6 Å². The smallest absolute Gasteiger partial charge is 0.00368 e. The van der Waals surface area contributed by atoms with E-state index in [2.05, 4.69) is 10.6 Å². The molecule has 1 saturated carbocycles. The summed E-state index contributed by atoms with van der Waals surface area (Å²) < 4.78 is 0. The molecule has 1 rings (SSSR count). The first-order chi connectivity index (χ1) is 7.43. The molecular weight excluding hydrogens is 184 g/mol. The summed E-state index contributed by atoms with van der Waals surface area (Å²) in [4.78, 5) is 0. The Hall–Kier alpha value is -0.0800. The van der Waals surface area contributed by atoms with Gasteiger partial charge in [-0.2, -0.15) is 0 Å². The molecule has 0 spiro atoms. The fourth-order valence-electron chi connectivity index (χ4n) is 2.51. The van der Waals surface area contributed by atoms with Gasteiger partial charge in [0.25, 0.3) is 0 Å². The zero-order chi connectivity index (χ0) is 10.8. The van der Waals surface area contributed by atoms with Gasteiger partial charge in [0.2, 0.25) is 0 Å². The van der Waals surface area contributed by atoms with Gasteiger partial charge in [-0.1, -0.05) is 32.1 Å². The van der Waals surface area contributed by atoms with Crippen molar-refractivity contribution in [2.75, 3.05) is 26.7 Å². The van der Waals surface area contributed by atoms with Crippen molar-refractivity contribution >= 4 is 0 Å². The third-order valence-electron chi connectivity index (χ3n) is 3.47. The predicted octanol–water partition coefficient (Wildman–Crippen LogP) is 2.55. The first-order valence-corrected chi connectivity index (χ1v) is 6.79. The van der Waals surface area contributed by atoms with Crippen LogP contribution >= 0.6 is 0 Å². The van der Waals surface area contributed by atoms with Crippen molar-refractivity contribution in [3.05, 3.63) is 0 Å². The largest absolute Gasteiger partial charge is 0.320 e. The minimum absolute atomic E-state index is 1.05. The van der Waals surface area contributed by atoms with Crippen LogP contribution in [-0.2, 0) is 0 Å². The first-order valence-electron chi connectivity index (χ1n) is 6.79. The van der Waals surface area contributed by atoms with Gasteiger partial charge in [0.1, 0.15) is 0 Å². The van der Waals surface area contributed by atoms with Crippen LogP contribution < -0.4 is 10.6 Å². The second kappa shape index (κ2) is 9.17. The summed E-state index contributed by atoms with van der Waals surface area (Å²) in [7, 11) is 2.02. The zero-order valence-corrected chi connectivity index (χ0v) is 10.4. The highest BCUT2D eigenvalue weighted by molar-refractivity contribution is 4.66. The van der Waals surface area contributed by atoms with Gasteiger partial charge >= 0.3 is 0 Å². The van der Waals surface area contributed by atoms with Crippen LogP contribution in [0.3, 0.4) is 0 Å². The molecule has 0 aromatic heterocycles. The molecule has 0 heterocycles. The Morgan fingerprint density at radius 3 is 2.40 bits per heavy atom. The molecule has 0 aliphatic heterocycles. The third kappa shape index (κ3) is 6.91. The van der Waals surface area contributed by atoms with E-state index in [9.17, 15) is 0 Å². The van der Waals surface area contributed by atoms with Crippen LogP contribution in [0.4, 0.5) is 0 Å². The number of hydrogen-bond acceptors (Lipinski definition) is 2. The molecular formula is C13H28N2. The minimum atomic E-state index is 1.05. The van der Waals surface area contributed by atoms with Crippen LogP contribution in [0.5, 0.6) is 0 Å². The van der Waals surface area contributed by atoms with Gasteiger partial charge in [-0.3, -0.25) is 0 Å². The molecule has 1 aliphatic rings. The van der Waals surface area contributed by atoms with Crippen LogP contribution in [0.25, 0.3) is 0 Å². The summed E-state index contributed by atoms with van der Waals surface area (Å²) in [6, 6.07) is 0. The monoisotopic (exact) mass is 212 g/mol. The zero-order valence-electron chi connectivity index (χ0n) is 10.4. The maximum absolute atomic E-state index is 3.52. The molecule has 90 valence electrons. The Morgan fingerprint density at radius 1 is 0.933 bits per heavy atom. The van der Waals surface area contributed by atoms with Gasteiger partial charge < -0.3 is 10.6 Å². The second-order valence-corrected chi connectivity index (χ2v) is 4.85. The molecule has 0 aromatic rings. The normalized spacial score (nSPS) is 18.2. The summed E-state index contributed by atoms with van der Waals surface area (Å²) in [5.74, 6) is 1.05. The van der Waals surface area contributed by atoms with Gasteiger partial charge in [-0.05, 0) is 51.9 Å². The van der Waals surface area contributed by atoms with E-state index in [1.54, 1.807) is 0 Å². The van der Waals surface area contributed by atoms with Crippen molar-refractivity contribution in [2.24, 2.45) is 5.92 Å². The number of rotatable bonds is 8. The fraction of sp³-hybridized carbons (Fsp3) is 1.00. The van der Waals surface area contributed by atoms with E-state index in [0.717, 1.165) is 12.5 Å². The molecule has 2 nitrogen and oxygen atoms in total. The SMILES string of the molecule is CNCCCNCCCC1CCCCC1. The molecule has 1 aliphatic carbocycles. The highest BCUT2D eigenvalue weighted by atomic mass is 14.9. The number of hydrogen-bond donors (Lipinski definition) is 2. The summed E-state index contributed by atoms with van der Waals surface area (Å²) in [6.07, 6.45) is 11.5. The van der Waals surface area contributed by atoms with Crippen LogP contribution in [0, 0.1) is 5.92 Å². The Balaban J connectivity index is 1.79. The molecule has 0 amide bonds. The second-order valence-electron chi connectivity index (χ2n) is 4.85. The van der Waals surface area contributed by atoms with Crippen molar-refractivity contribution in [3.8, 4) is 0 Å². The minimum Gasteiger partial charge on any atom is -0.320 e. The van der Waals surface area contributed by atoms with Gasteiger partial charge in [0, 0.05) is 0 Å². The third-order valence-corrected chi connectivity index (χ3v) is 3.47. The van der Waals surface area contributed by atoms with Crippen LogP contribution in [0.15, 0.2) is 0 Å². The van der Waals surface area contributed by atoms with Gasteiger partial charge in [-0.15, -0.1) is 0 Å². The van der Waals surface area contributed by atoms with Gasteiger partial charge in [-0.25, -0.2) is 0 Å². The molecule has 1 fully saturated rings. The van der Waals surface area contributed by atoms with E-state index in [4.69, 9.17) is 0 Å². The maximum Gasteiger partial charge on any atom is -0.00368 e. The van der Waals surface area contributed by atoms with E-state index < -0.39 is 0 Å². The molecule has 0 atom stereocenters. The van der Waals surface area contributed by atoms with Crippen LogP contribution in [0.1, 0.15) is 51.4 Å². The summed E-state index contributed by atoms with van der Waals surface area (Å²) in [5.41, 5.74) is 0. The molecule has 0 saturated heterocycles. The van der Waals surface area contributed by atoms with Crippen LogP contribution in [0.2, 0.25) is 0 Å². The maximum atomic E-state index is 3.52. The Labute approximate surface area is 95.2 Å². The highest BCUT2D eigenvalue weighted by Gasteiger charge is 2.12. The first kappa shape index (κ1) is 13.0. The lowest BCUT2D eigenvalue weighted by atomic mass is 9.86. The van der Waals surface area contributed by atoms with E-state index in [-0.39, 0.29) is 0 Å². The Morgan fingerprint density at radius 2 is 1.67 bits per heavy atom. The molecule has 0 radical (unpaired) electrons. The highest BCUT2D eigenvalue weighted by Crippen LogP contribution is 2.26. The lowest BCUT2D eigenvalue weighted by molar-refractivity contribution is 0.330. The van der Waals surface area contributed by atoms with E-state index in [1.807, 2.05) is 7.05 Å². The van der Waals surface area contributed by atoms with E-state index in [1.165, 1.54) is 64.5 Å². The molecule has 0 aromatic carbocycles. The quantitative estimate of drug-likeness (QED) is 0.604. The molecule has 0 unspecified atom stereocenters. The average molecular weight is 212 g/mol. The summed E-state index contributed by atoms with van der Waals surface area (Å²) in [6.45, 7) is 3.53. The van der Waals surface area contributed by atoms with Crippen molar-refractivity contribution < 1.29 is 0 Å². The van der Waals surface area contributed by atoms with Crippen LogP contribution in [-0.4, -0.2) is 26.7 Å². The molecule has 0 bridgehead atoms. The summed E-state index contributed by atoms with van der Waals surface area (Å²) in [5, 5.41) is 6.69. The van der Waals surface area contributed by atoms with Gasteiger partial charge in [0.05, 0.1) is 0 Å². The molecule has 2 heteroatoms. The lowest BCUT2D eigenvalue weighted by Gasteiger charge is -2.21. The van der Waals surface area contributed by atoms with Crippen molar-refractivity contribution in [1.29, 1.82) is 0 Å². The predicted molar refractivity (Wildman–Crippen MR) is 67.2 cm³/mol. The summed E-state index contributed by atoms with van der Waals surface area (Å²) >= 11 is 0. The Bertz CT molecular complexity index is 130. The molecule has 2 N–H and O–H groups in total. The van der Waals surface area contributed by atoms with Crippen molar-refractivity contribution in [3.63, 3.8) is 0 Å². The Kier molecular flexibility index (Phi) is 7.94. The molecule has 15 heavy (non-hydrogen) atoms. The van der Waals surface area contributed by atoms with E-state index in [0.29, 0.717) is 0 Å². The van der Waals surface area contributed by atoms with E-state index >= 15 is 0 Å². The fourth-order valence-corrected chi connectivity index (χ4v) is 2.51. The topological polar surface area (TPSA) is 24.1 Å². The van der Waals surface area contributed by atoms with Gasteiger partial charge in [0.15, 0.2) is 0 Å².